The number of hydrogen-bond donors (Lipinski definition) is 0. The second-order valence-electron chi connectivity index (χ2n) is 5.40. The summed E-state index contributed by atoms with van der Waals surface area (Å²) in [5, 5.41) is 0.422. The van der Waals surface area contributed by atoms with Crippen LogP contribution in [-0.2, 0) is 18.0 Å². The van der Waals surface area contributed by atoms with Gasteiger partial charge in [0.05, 0.1) is 13.2 Å². The van der Waals surface area contributed by atoms with E-state index < -0.39 is 12.3 Å². The van der Waals surface area contributed by atoms with Gasteiger partial charge in [-0.05, 0) is 23.8 Å². The predicted octanol–water partition coefficient (Wildman–Crippen LogP) is 5.39. The maximum atomic E-state index is 12.9. The van der Waals surface area contributed by atoms with Crippen LogP contribution in [0.15, 0.2) is 48.5 Å². The molecule has 6 heteroatoms. The summed E-state index contributed by atoms with van der Waals surface area (Å²) in [5.41, 5.74) is 1.98. The molecule has 1 heterocycles. The average Bonchev–Trinajstić information content (AvgIpc) is 2.54. The van der Waals surface area contributed by atoms with Crippen molar-refractivity contribution in [2.24, 2.45) is 0 Å². The van der Waals surface area contributed by atoms with Crippen molar-refractivity contribution >= 4 is 17.7 Å². The van der Waals surface area contributed by atoms with Gasteiger partial charge in [0.1, 0.15) is 5.75 Å². The molecule has 0 saturated heterocycles. The van der Waals surface area contributed by atoms with E-state index in [1.807, 2.05) is 30.3 Å². The number of hydrogen-bond acceptors (Lipinski definition) is 2. The van der Waals surface area contributed by atoms with Crippen LogP contribution < -0.4 is 4.74 Å². The molecule has 2 aromatic rings. The lowest BCUT2D eigenvalue weighted by Gasteiger charge is -2.25. The zero-order chi connectivity index (χ0) is 17.2. The number of rotatable bonds is 4. The van der Waals surface area contributed by atoms with Gasteiger partial charge in [-0.25, -0.2) is 0 Å². The second-order valence-corrected chi connectivity index (χ2v) is 5.84. The monoisotopic (exact) mass is 354 g/mol. The molecule has 0 aliphatic carbocycles. The van der Waals surface area contributed by atoms with Gasteiger partial charge in [0.25, 0.3) is 0 Å². The minimum atomic E-state index is -4.46. The van der Waals surface area contributed by atoms with Crippen LogP contribution in [0.4, 0.5) is 13.2 Å². The van der Waals surface area contributed by atoms with Crippen LogP contribution in [0.2, 0.25) is 5.02 Å². The molecule has 0 N–H and O–H groups in total. The summed E-state index contributed by atoms with van der Waals surface area (Å²) in [6.45, 7) is 0.455. The summed E-state index contributed by atoms with van der Waals surface area (Å²) < 4.78 is 49.4. The molecule has 0 fully saturated rings. The fourth-order valence-corrected chi connectivity index (χ4v) is 2.68. The number of benzene rings is 2. The van der Waals surface area contributed by atoms with E-state index in [2.05, 4.69) is 0 Å². The van der Waals surface area contributed by atoms with Gasteiger partial charge in [-0.3, -0.25) is 0 Å². The number of halogens is 4. The molecular formula is C18H14ClF3O2. The fraction of sp³-hybridized carbons (Fsp3) is 0.222. The van der Waals surface area contributed by atoms with Gasteiger partial charge < -0.3 is 9.47 Å². The minimum Gasteiger partial charge on any atom is -0.476 e. The molecule has 0 spiro atoms. The summed E-state index contributed by atoms with van der Waals surface area (Å²) >= 11 is 6.04. The minimum absolute atomic E-state index is 0.107. The van der Waals surface area contributed by atoms with Gasteiger partial charge in [0.2, 0.25) is 6.10 Å². The van der Waals surface area contributed by atoms with E-state index in [4.69, 9.17) is 21.1 Å². The van der Waals surface area contributed by atoms with E-state index in [0.29, 0.717) is 22.8 Å². The Morgan fingerprint density at radius 2 is 1.83 bits per heavy atom. The number of ether oxygens (including phenoxy) is 2. The molecule has 0 saturated carbocycles. The Hall–Kier alpha value is -1.98. The molecule has 3 rings (SSSR count). The van der Waals surface area contributed by atoms with Gasteiger partial charge in [-0.15, -0.1) is 0 Å². The maximum absolute atomic E-state index is 12.9. The smallest absolute Gasteiger partial charge is 0.429 e. The highest BCUT2D eigenvalue weighted by atomic mass is 35.5. The Morgan fingerprint density at radius 1 is 1.08 bits per heavy atom. The summed E-state index contributed by atoms with van der Waals surface area (Å²) in [6, 6.07) is 12.6. The van der Waals surface area contributed by atoms with E-state index in [-0.39, 0.29) is 12.4 Å². The molecule has 1 aliphatic rings. The molecule has 126 valence electrons. The zero-order valence-corrected chi connectivity index (χ0v) is 13.3. The maximum Gasteiger partial charge on any atom is 0.429 e. The molecule has 0 radical (unpaired) electrons. The highest BCUT2D eigenvalue weighted by Crippen LogP contribution is 2.37. The van der Waals surface area contributed by atoms with E-state index in [0.717, 1.165) is 11.6 Å². The molecule has 1 aliphatic heterocycles. The van der Waals surface area contributed by atoms with Crippen molar-refractivity contribution in [1.29, 1.82) is 0 Å². The quantitative estimate of drug-likeness (QED) is 0.732. The molecule has 0 aromatic heterocycles. The van der Waals surface area contributed by atoms with Crippen molar-refractivity contribution in [3.8, 4) is 5.75 Å². The first kappa shape index (κ1) is 16.9. The van der Waals surface area contributed by atoms with Gasteiger partial charge >= 0.3 is 6.18 Å². The Bertz CT molecular complexity index is 742. The summed E-state index contributed by atoms with van der Waals surface area (Å²) in [5.74, 6) is 0.164. The van der Waals surface area contributed by atoms with Crippen molar-refractivity contribution in [3.05, 3.63) is 70.3 Å². The van der Waals surface area contributed by atoms with E-state index in [9.17, 15) is 13.2 Å². The van der Waals surface area contributed by atoms with Gasteiger partial charge in [-0.1, -0.05) is 48.0 Å². The second kappa shape index (κ2) is 6.87. The van der Waals surface area contributed by atoms with Crippen LogP contribution in [0.5, 0.6) is 5.75 Å². The SMILES string of the molecule is FC(F)(F)[C@@H]1C=Cc2cc(Cl)cc(COCc3ccccc3)c2O1. The predicted molar refractivity (Wildman–Crippen MR) is 85.9 cm³/mol. The standard InChI is InChI=1S/C18H14ClF3O2/c19-15-8-13-6-7-16(18(20,21)22)24-17(13)14(9-15)11-23-10-12-4-2-1-3-5-12/h1-9,16H,10-11H2/t16-/m0/s1. The van der Waals surface area contributed by atoms with Crippen LogP contribution >= 0.6 is 11.6 Å². The van der Waals surface area contributed by atoms with Crippen LogP contribution in [0.1, 0.15) is 16.7 Å². The van der Waals surface area contributed by atoms with Crippen LogP contribution in [0.3, 0.4) is 0 Å². The molecule has 0 bridgehead atoms. The van der Waals surface area contributed by atoms with Crippen molar-refractivity contribution in [2.45, 2.75) is 25.5 Å². The zero-order valence-electron chi connectivity index (χ0n) is 12.5. The van der Waals surface area contributed by atoms with Crippen LogP contribution in [-0.4, -0.2) is 12.3 Å². The molecule has 0 unspecified atom stereocenters. The van der Waals surface area contributed by atoms with Gasteiger partial charge in [0, 0.05) is 16.1 Å². The largest absolute Gasteiger partial charge is 0.476 e. The Labute approximate surface area is 142 Å². The first-order valence-corrected chi connectivity index (χ1v) is 7.67. The van der Waals surface area contributed by atoms with E-state index in [1.54, 1.807) is 12.1 Å². The highest BCUT2D eigenvalue weighted by Gasteiger charge is 2.41. The lowest BCUT2D eigenvalue weighted by Crippen LogP contribution is -2.34. The molecule has 2 aromatic carbocycles. The summed E-state index contributed by atoms with van der Waals surface area (Å²) in [6.07, 6.45) is -4.06. The van der Waals surface area contributed by atoms with Crippen molar-refractivity contribution in [2.75, 3.05) is 0 Å². The first-order chi connectivity index (χ1) is 11.4. The lowest BCUT2D eigenvalue weighted by atomic mass is 10.0. The van der Waals surface area contributed by atoms with Crippen LogP contribution in [0, 0.1) is 0 Å². The average molecular weight is 355 g/mol. The third kappa shape index (κ3) is 3.91. The van der Waals surface area contributed by atoms with Gasteiger partial charge in [-0.2, -0.15) is 13.2 Å². The topological polar surface area (TPSA) is 18.5 Å². The first-order valence-electron chi connectivity index (χ1n) is 7.29. The molecule has 0 amide bonds. The Kier molecular flexibility index (Phi) is 4.83. The molecule has 1 atom stereocenters. The number of fused-ring (bicyclic) bond motifs is 1. The third-order valence-corrected chi connectivity index (χ3v) is 3.76. The van der Waals surface area contributed by atoms with Crippen molar-refractivity contribution in [1.82, 2.24) is 0 Å². The van der Waals surface area contributed by atoms with Crippen LogP contribution in [0.25, 0.3) is 6.08 Å². The summed E-state index contributed by atoms with van der Waals surface area (Å²) in [7, 11) is 0. The van der Waals surface area contributed by atoms with Crippen molar-refractivity contribution in [3.63, 3.8) is 0 Å². The third-order valence-electron chi connectivity index (χ3n) is 3.55. The molecular weight excluding hydrogens is 341 g/mol. The lowest BCUT2D eigenvalue weighted by molar-refractivity contribution is -0.180. The fourth-order valence-electron chi connectivity index (χ4n) is 2.43. The summed E-state index contributed by atoms with van der Waals surface area (Å²) in [4.78, 5) is 0. The Morgan fingerprint density at radius 3 is 2.54 bits per heavy atom. The van der Waals surface area contributed by atoms with E-state index >= 15 is 0 Å². The van der Waals surface area contributed by atoms with Crippen molar-refractivity contribution < 1.29 is 22.6 Å². The van der Waals surface area contributed by atoms with Gasteiger partial charge in [0.15, 0.2) is 0 Å². The van der Waals surface area contributed by atoms with E-state index in [1.165, 1.54) is 6.08 Å². The molecule has 2 nitrogen and oxygen atoms in total. The normalized spacial score (nSPS) is 16.6. The highest BCUT2D eigenvalue weighted by molar-refractivity contribution is 6.30. The molecule has 24 heavy (non-hydrogen) atoms. The number of alkyl halides is 3. The Balaban J connectivity index is 1.77.